The van der Waals surface area contributed by atoms with E-state index in [1.165, 1.54) is 0 Å². The van der Waals surface area contributed by atoms with E-state index in [1.807, 2.05) is 19.1 Å². The lowest BCUT2D eigenvalue weighted by Crippen LogP contribution is -2.22. The first kappa shape index (κ1) is 24.0. The molecule has 1 aliphatic heterocycles. The van der Waals surface area contributed by atoms with Gasteiger partial charge in [-0.05, 0) is 48.9 Å². The smallest absolute Gasteiger partial charge is 0.324 e. The Morgan fingerprint density at radius 2 is 2.11 bits per heavy atom. The van der Waals surface area contributed by atoms with Gasteiger partial charge in [0.05, 0.1) is 24.4 Å². The van der Waals surface area contributed by atoms with Gasteiger partial charge in [0.15, 0.2) is 11.5 Å². The van der Waals surface area contributed by atoms with Gasteiger partial charge in [-0.2, -0.15) is 0 Å². The molecule has 1 aromatic heterocycles. The van der Waals surface area contributed by atoms with Crippen LogP contribution >= 0.6 is 11.6 Å². The van der Waals surface area contributed by atoms with Gasteiger partial charge in [0.1, 0.15) is 12.3 Å². The number of pyridine rings is 1. The summed E-state index contributed by atoms with van der Waals surface area (Å²) in [4.78, 5) is 21.7. The molecule has 3 N–H and O–H groups in total. The summed E-state index contributed by atoms with van der Waals surface area (Å²) in [6, 6.07) is 12.5. The molecule has 35 heavy (non-hydrogen) atoms. The fourth-order valence-corrected chi connectivity index (χ4v) is 4.41. The van der Waals surface area contributed by atoms with E-state index in [-0.39, 0.29) is 11.7 Å². The lowest BCUT2D eigenvalue weighted by atomic mass is 9.92. The number of carbonyl (C=O) groups is 1. The third-order valence-electron chi connectivity index (χ3n) is 5.95. The zero-order chi connectivity index (χ0) is 25.1. The zero-order valence-electron chi connectivity index (χ0n) is 19.5. The molecule has 2 heterocycles. The molecule has 0 bridgehead atoms. The quantitative estimate of drug-likeness (QED) is 0.220. The Morgan fingerprint density at radius 3 is 2.77 bits per heavy atom. The zero-order valence-corrected chi connectivity index (χ0v) is 20.2. The number of amidine groups is 1. The first-order valence-electron chi connectivity index (χ1n) is 10.9. The Balaban J connectivity index is 1.60. The molecule has 3 aromatic rings. The molecule has 0 saturated heterocycles. The van der Waals surface area contributed by atoms with Crippen LogP contribution in [0, 0.1) is 5.41 Å². The maximum absolute atomic E-state index is 12.9. The van der Waals surface area contributed by atoms with Crippen LogP contribution in [0.15, 0.2) is 71.5 Å². The highest BCUT2D eigenvalue weighted by molar-refractivity contribution is 6.36. The van der Waals surface area contributed by atoms with E-state index in [0.29, 0.717) is 51.2 Å². The van der Waals surface area contributed by atoms with Gasteiger partial charge in [0.2, 0.25) is 0 Å². The van der Waals surface area contributed by atoms with E-state index in [0.717, 1.165) is 17.4 Å². The number of anilines is 1. The van der Waals surface area contributed by atoms with Crippen LogP contribution in [0.1, 0.15) is 39.9 Å². The number of ether oxygens (including phenoxy) is 1. The number of halogens is 1. The minimum absolute atomic E-state index is 0.00243. The number of dihydropyridines is 1. The molecule has 1 atom stereocenters. The van der Waals surface area contributed by atoms with Gasteiger partial charge >= 0.3 is 5.84 Å². The Bertz CT molecular complexity index is 1400. The molecule has 0 saturated carbocycles. The molecule has 4 rings (SSSR count). The second-order valence-electron chi connectivity index (χ2n) is 8.12. The van der Waals surface area contributed by atoms with Gasteiger partial charge in [0, 0.05) is 46.9 Å². The second kappa shape index (κ2) is 10.0. The molecule has 8 heteroatoms. The van der Waals surface area contributed by atoms with Crippen molar-refractivity contribution in [3.8, 4) is 5.75 Å². The molecule has 0 aliphatic carbocycles. The normalized spacial score (nSPS) is 15.1. The number of carbonyl (C=O) groups excluding carboxylic acids is 1. The Hall–Kier alpha value is -4.10. The fraction of sp³-hybridized carbons (Fsp3) is 0.148. The summed E-state index contributed by atoms with van der Waals surface area (Å²) in [6.07, 6.45) is 6.42. The number of nitrogens with two attached hydrogens (primary N) is 1. The molecule has 0 spiro atoms. The summed E-state index contributed by atoms with van der Waals surface area (Å²) in [5.41, 5.74) is 10.3. The maximum Gasteiger partial charge on any atom is 0.324 e. The van der Waals surface area contributed by atoms with Crippen molar-refractivity contribution in [2.75, 3.05) is 19.4 Å². The van der Waals surface area contributed by atoms with E-state index in [1.54, 1.807) is 54.4 Å². The monoisotopic (exact) mass is 486 g/mol. The summed E-state index contributed by atoms with van der Waals surface area (Å²) >= 11 is 6.49. The van der Waals surface area contributed by atoms with Gasteiger partial charge in [-0.1, -0.05) is 28.7 Å². The van der Waals surface area contributed by atoms with Crippen molar-refractivity contribution in [1.82, 2.24) is 4.98 Å². The third-order valence-corrected chi connectivity index (χ3v) is 6.34. The van der Waals surface area contributed by atoms with Crippen molar-refractivity contribution in [2.45, 2.75) is 12.8 Å². The van der Waals surface area contributed by atoms with Crippen LogP contribution < -0.4 is 10.5 Å². The van der Waals surface area contributed by atoms with Gasteiger partial charge < -0.3 is 15.9 Å². The van der Waals surface area contributed by atoms with Crippen molar-refractivity contribution < 1.29 is 14.1 Å². The Labute approximate surface area is 208 Å². The SMILES string of the molecule is C=[N+](C1=NCC(c2ccc(C(=O)c3cccnc3)c(OC)c2)C=C1C)c1ccc(N)c(C=N)c1Cl. The summed E-state index contributed by atoms with van der Waals surface area (Å²) in [6.45, 7) is 6.58. The largest absolute Gasteiger partial charge is 0.496 e. The predicted octanol–water partition coefficient (Wildman–Crippen LogP) is 5.04. The predicted molar refractivity (Wildman–Crippen MR) is 140 cm³/mol. The molecule has 2 aromatic carbocycles. The minimum Gasteiger partial charge on any atom is -0.496 e. The Morgan fingerprint density at radius 1 is 1.31 bits per heavy atom. The average Bonchev–Trinajstić information content (AvgIpc) is 2.88. The fourth-order valence-electron chi connectivity index (χ4n) is 4.08. The number of hydrogen-bond donors (Lipinski definition) is 2. The minimum atomic E-state index is -0.144. The van der Waals surface area contributed by atoms with E-state index in [9.17, 15) is 4.79 Å². The summed E-state index contributed by atoms with van der Waals surface area (Å²) in [5.74, 6) is 1.04. The average molecular weight is 487 g/mol. The van der Waals surface area contributed by atoms with Crippen molar-refractivity contribution in [2.24, 2.45) is 4.99 Å². The lowest BCUT2D eigenvalue weighted by molar-refractivity contribution is -0.294. The molecule has 176 valence electrons. The first-order valence-corrected chi connectivity index (χ1v) is 11.3. The van der Waals surface area contributed by atoms with Crippen molar-refractivity contribution in [3.63, 3.8) is 0 Å². The number of nitrogen functional groups attached to an aromatic ring is 1. The highest BCUT2D eigenvalue weighted by atomic mass is 35.5. The van der Waals surface area contributed by atoms with Gasteiger partial charge in [0.25, 0.3) is 0 Å². The first-order chi connectivity index (χ1) is 16.8. The number of nitrogens with zero attached hydrogens (tertiary/aromatic N) is 3. The van der Waals surface area contributed by atoms with Crippen molar-refractivity contribution in [1.29, 1.82) is 5.41 Å². The lowest BCUT2D eigenvalue weighted by Gasteiger charge is -2.18. The van der Waals surface area contributed by atoms with Crippen LogP contribution in [0.4, 0.5) is 11.4 Å². The second-order valence-corrected chi connectivity index (χ2v) is 8.50. The third kappa shape index (κ3) is 4.63. The molecular formula is C27H25ClN5O2+. The van der Waals surface area contributed by atoms with Crippen LogP contribution in [-0.2, 0) is 0 Å². The number of aliphatic imine (C=N–C) groups is 1. The van der Waals surface area contributed by atoms with Crippen LogP contribution in [0.25, 0.3) is 0 Å². The standard InChI is InChI=1S/C27H25ClN5O2/c1-16-11-19(15-32-27(16)33(2)23-9-8-22(30)21(13-29)25(23)28)17-6-7-20(24(12-17)35-3)26(34)18-5-4-10-31-14-18/h4-14,19,29H,2,15,30H2,1,3H3/q+1. The van der Waals surface area contributed by atoms with E-state index in [2.05, 4.69) is 17.8 Å². The summed E-state index contributed by atoms with van der Waals surface area (Å²) in [5, 5.41) is 7.94. The van der Waals surface area contributed by atoms with E-state index < -0.39 is 0 Å². The number of nitrogens with one attached hydrogen (secondary N) is 1. The molecule has 1 aliphatic rings. The van der Waals surface area contributed by atoms with Crippen LogP contribution in [0.2, 0.25) is 5.02 Å². The van der Waals surface area contributed by atoms with Gasteiger partial charge in [-0.3, -0.25) is 9.78 Å². The van der Waals surface area contributed by atoms with E-state index in [4.69, 9.17) is 32.5 Å². The summed E-state index contributed by atoms with van der Waals surface area (Å²) < 4.78 is 7.21. The number of methoxy groups -OCH3 is 1. The molecule has 0 radical (unpaired) electrons. The van der Waals surface area contributed by atoms with Crippen LogP contribution in [0.3, 0.4) is 0 Å². The molecule has 1 unspecified atom stereocenters. The van der Waals surface area contributed by atoms with Gasteiger partial charge in [-0.15, -0.1) is 0 Å². The van der Waals surface area contributed by atoms with Crippen molar-refractivity contribution in [3.05, 3.63) is 93.8 Å². The highest BCUT2D eigenvalue weighted by Gasteiger charge is 2.28. The summed E-state index contributed by atoms with van der Waals surface area (Å²) in [7, 11) is 1.55. The molecule has 7 nitrogen and oxygen atoms in total. The Kier molecular flexibility index (Phi) is 6.89. The van der Waals surface area contributed by atoms with Crippen LogP contribution in [0.5, 0.6) is 5.75 Å². The number of ketones is 1. The van der Waals surface area contributed by atoms with Crippen LogP contribution in [-0.4, -0.2) is 47.8 Å². The van der Waals surface area contributed by atoms with E-state index >= 15 is 0 Å². The molecule has 0 amide bonds. The van der Waals surface area contributed by atoms with Gasteiger partial charge in [-0.25, -0.2) is 4.58 Å². The number of hydrogen-bond acceptors (Lipinski definition) is 6. The number of rotatable bonds is 6. The molecular weight excluding hydrogens is 462 g/mol. The number of benzene rings is 2. The highest BCUT2D eigenvalue weighted by Crippen LogP contribution is 2.34. The number of aromatic nitrogens is 1. The topological polar surface area (TPSA) is 104 Å². The molecule has 0 fully saturated rings. The maximum atomic E-state index is 12.9. The van der Waals surface area contributed by atoms with Crippen molar-refractivity contribution >= 4 is 47.5 Å².